The fourth-order valence-corrected chi connectivity index (χ4v) is 1.82. The van der Waals surface area contributed by atoms with Crippen LogP contribution in [0.2, 0.25) is 0 Å². The van der Waals surface area contributed by atoms with E-state index in [1.165, 1.54) is 11.1 Å². The minimum atomic E-state index is 0.236. The zero-order valence-corrected chi connectivity index (χ0v) is 11.2. The molecular weight excluding hydrogens is 180 g/mol. The van der Waals surface area contributed by atoms with Crippen molar-refractivity contribution in [1.29, 1.82) is 0 Å². The van der Waals surface area contributed by atoms with Crippen LogP contribution in [0.15, 0.2) is 36.0 Å². The minimum absolute atomic E-state index is 0.236. The molecule has 0 saturated heterocycles. The lowest BCUT2D eigenvalue weighted by atomic mass is 9.75. The summed E-state index contributed by atoms with van der Waals surface area (Å²) in [6.07, 6.45) is 7.45. The van der Waals surface area contributed by atoms with Crippen molar-refractivity contribution in [3.8, 4) is 0 Å². The second kappa shape index (κ2) is 5.95. The third kappa shape index (κ3) is 3.70. The molecule has 15 heavy (non-hydrogen) atoms. The number of rotatable bonds is 5. The van der Waals surface area contributed by atoms with E-state index in [2.05, 4.69) is 60.3 Å². The van der Waals surface area contributed by atoms with Gasteiger partial charge in [-0.05, 0) is 35.8 Å². The quantitative estimate of drug-likeness (QED) is 0.546. The fourth-order valence-electron chi connectivity index (χ4n) is 1.82. The van der Waals surface area contributed by atoms with Crippen LogP contribution in [0, 0.1) is 11.3 Å². The van der Waals surface area contributed by atoms with Crippen molar-refractivity contribution in [2.45, 2.75) is 48.0 Å². The molecule has 0 aromatic carbocycles. The van der Waals surface area contributed by atoms with Gasteiger partial charge in [-0.1, -0.05) is 59.4 Å². The average molecular weight is 206 g/mol. The van der Waals surface area contributed by atoms with E-state index in [9.17, 15) is 0 Å². The van der Waals surface area contributed by atoms with Crippen LogP contribution in [0.4, 0.5) is 0 Å². The SMILES string of the molecule is C=C/C=C(\C(=C/C)C(C)C)C(C)(C)CC. The van der Waals surface area contributed by atoms with E-state index in [0.717, 1.165) is 6.42 Å². The Labute approximate surface area is 95.8 Å². The van der Waals surface area contributed by atoms with Gasteiger partial charge in [0.15, 0.2) is 0 Å². The van der Waals surface area contributed by atoms with Crippen LogP contribution >= 0.6 is 0 Å². The first-order chi connectivity index (χ1) is 6.90. The van der Waals surface area contributed by atoms with Gasteiger partial charge in [0.1, 0.15) is 0 Å². The molecule has 0 N–H and O–H groups in total. The van der Waals surface area contributed by atoms with E-state index >= 15 is 0 Å². The molecular formula is C15H26. The van der Waals surface area contributed by atoms with Crippen molar-refractivity contribution < 1.29 is 0 Å². The maximum absolute atomic E-state index is 3.82. The van der Waals surface area contributed by atoms with Crippen molar-refractivity contribution in [2.24, 2.45) is 11.3 Å². The molecule has 0 aliphatic heterocycles. The van der Waals surface area contributed by atoms with Gasteiger partial charge in [-0.15, -0.1) is 0 Å². The Morgan fingerprint density at radius 1 is 1.33 bits per heavy atom. The molecule has 0 unspecified atom stereocenters. The maximum Gasteiger partial charge on any atom is -0.0103 e. The first kappa shape index (κ1) is 14.2. The zero-order valence-electron chi connectivity index (χ0n) is 11.2. The van der Waals surface area contributed by atoms with Gasteiger partial charge in [0.2, 0.25) is 0 Å². The molecule has 0 heterocycles. The van der Waals surface area contributed by atoms with Crippen LogP contribution in [-0.4, -0.2) is 0 Å². The van der Waals surface area contributed by atoms with Crippen molar-refractivity contribution >= 4 is 0 Å². The molecule has 0 atom stereocenters. The van der Waals surface area contributed by atoms with Crippen molar-refractivity contribution in [2.75, 3.05) is 0 Å². The van der Waals surface area contributed by atoms with Crippen LogP contribution < -0.4 is 0 Å². The van der Waals surface area contributed by atoms with E-state index in [1.807, 2.05) is 6.08 Å². The Bertz CT molecular complexity index is 262. The molecule has 0 fully saturated rings. The molecule has 0 spiro atoms. The summed E-state index contributed by atoms with van der Waals surface area (Å²) in [5.41, 5.74) is 3.11. The molecule has 0 aromatic heterocycles. The molecule has 0 saturated carbocycles. The average Bonchev–Trinajstić information content (AvgIpc) is 2.17. The summed E-state index contributed by atoms with van der Waals surface area (Å²) in [7, 11) is 0. The Morgan fingerprint density at radius 2 is 1.87 bits per heavy atom. The van der Waals surface area contributed by atoms with E-state index in [-0.39, 0.29) is 5.41 Å². The van der Waals surface area contributed by atoms with Gasteiger partial charge in [-0.2, -0.15) is 0 Å². The first-order valence-corrected chi connectivity index (χ1v) is 5.90. The Balaban J connectivity index is 5.34. The van der Waals surface area contributed by atoms with Gasteiger partial charge >= 0.3 is 0 Å². The Kier molecular flexibility index (Phi) is 5.64. The van der Waals surface area contributed by atoms with Crippen LogP contribution in [0.1, 0.15) is 48.0 Å². The fraction of sp³-hybridized carbons (Fsp3) is 0.600. The first-order valence-electron chi connectivity index (χ1n) is 5.90. The highest BCUT2D eigenvalue weighted by Gasteiger charge is 2.24. The summed E-state index contributed by atoms with van der Waals surface area (Å²) in [6, 6.07) is 0. The molecule has 0 rings (SSSR count). The molecule has 0 nitrogen and oxygen atoms in total. The normalized spacial score (nSPS) is 14.6. The highest BCUT2D eigenvalue weighted by atomic mass is 14.3. The third-order valence-electron chi connectivity index (χ3n) is 3.14. The van der Waals surface area contributed by atoms with Crippen molar-refractivity contribution in [3.63, 3.8) is 0 Å². The highest BCUT2D eigenvalue weighted by Crippen LogP contribution is 2.37. The maximum atomic E-state index is 3.82. The van der Waals surface area contributed by atoms with Crippen molar-refractivity contribution in [1.82, 2.24) is 0 Å². The van der Waals surface area contributed by atoms with Gasteiger partial charge < -0.3 is 0 Å². The lowest BCUT2D eigenvalue weighted by Crippen LogP contribution is -2.17. The van der Waals surface area contributed by atoms with E-state index in [1.54, 1.807) is 0 Å². The summed E-state index contributed by atoms with van der Waals surface area (Å²) in [4.78, 5) is 0. The van der Waals surface area contributed by atoms with E-state index < -0.39 is 0 Å². The lowest BCUT2D eigenvalue weighted by Gasteiger charge is -2.30. The highest BCUT2D eigenvalue weighted by molar-refractivity contribution is 5.38. The molecule has 0 aromatic rings. The Morgan fingerprint density at radius 3 is 2.13 bits per heavy atom. The molecule has 0 amide bonds. The number of hydrogen-bond acceptors (Lipinski definition) is 0. The van der Waals surface area contributed by atoms with Gasteiger partial charge in [0.25, 0.3) is 0 Å². The number of hydrogen-bond donors (Lipinski definition) is 0. The lowest BCUT2D eigenvalue weighted by molar-refractivity contribution is 0.427. The summed E-state index contributed by atoms with van der Waals surface area (Å²) in [5, 5.41) is 0. The van der Waals surface area contributed by atoms with E-state index in [0.29, 0.717) is 5.92 Å². The minimum Gasteiger partial charge on any atom is -0.0991 e. The van der Waals surface area contributed by atoms with Crippen molar-refractivity contribution in [3.05, 3.63) is 36.0 Å². The van der Waals surface area contributed by atoms with Gasteiger partial charge in [-0.25, -0.2) is 0 Å². The summed E-state index contributed by atoms with van der Waals surface area (Å²) >= 11 is 0. The number of allylic oxidation sites excluding steroid dienone is 5. The molecule has 0 radical (unpaired) electrons. The van der Waals surface area contributed by atoms with Gasteiger partial charge in [-0.3, -0.25) is 0 Å². The standard InChI is InChI=1S/C15H26/c1-8-11-14(15(6,7)10-3)13(9-2)12(4)5/h8-9,11-12H,1,10H2,2-7H3/b13-9-,14-11+. The molecule has 0 aliphatic rings. The van der Waals surface area contributed by atoms with Gasteiger partial charge in [0.05, 0.1) is 0 Å². The monoisotopic (exact) mass is 206 g/mol. The topological polar surface area (TPSA) is 0 Å². The summed E-state index contributed by atoms with van der Waals surface area (Å²) < 4.78 is 0. The van der Waals surface area contributed by atoms with Gasteiger partial charge in [0, 0.05) is 0 Å². The van der Waals surface area contributed by atoms with Crippen LogP contribution in [0.5, 0.6) is 0 Å². The Hall–Kier alpha value is -0.780. The van der Waals surface area contributed by atoms with E-state index in [4.69, 9.17) is 0 Å². The molecule has 0 aliphatic carbocycles. The second-order valence-electron chi connectivity index (χ2n) is 4.95. The molecule has 0 heteroatoms. The van der Waals surface area contributed by atoms with Crippen LogP contribution in [0.25, 0.3) is 0 Å². The zero-order chi connectivity index (χ0) is 12.1. The predicted molar refractivity (Wildman–Crippen MR) is 70.9 cm³/mol. The smallest absolute Gasteiger partial charge is 0.0103 e. The summed E-state index contributed by atoms with van der Waals surface area (Å²) in [6.45, 7) is 17.3. The van der Waals surface area contributed by atoms with Crippen LogP contribution in [0.3, 0.4) is 0 Å². The second-order valence-corrected chi connectivity index (χ2v) is 4.95. The largest absolute Gasteiger partial charge is 0.0991 e. The molecule has 86 valence electrons. The molecule has 0 bridgehead atoms. The summed E-state index contributed by atoms with van der Waals surface area (Å²) in [5.74, 6) is 0.576. The third-order valence-corrected chi connectivity index (χ3v) is 3.14. The predicted octanol–water partition coefficient (Wildman–Crippen LogP) is 5.14. The van der Waals surface area contributed by atoms with Crippen LogP contribution in [-0.2, 0) is 0 Å².